The molecule has 0 radical (unpaired) electrons. The Labute approximate surface area is 222 Å². The van der Waals surface area contributed by atoms with Crippen molar-refractivity contribution in [1.82, 2.24) is 14.9 Å². The summed E-state index contributed by atoms with van der Waals surface area (Å²) in [5, 5.41) is 3.11. The average Bonchev–Trinajstić information content (AvgIpc) is 3.31. The summed E-state index contributed by atoms with van der Waals surface area (Å²) in [4.78, 5) is 20.1. The summed E-state index contributed by atoms with van der Waals surface area (Å²) >= 11 is 0. The number of nitrogens with one attached hydrogen (secondary N) is 1. The van der Waals surface area contributed by atoms with Crippen molar-refractivity contribution in [3.8, 4) is 11.5 Å². The number of para-hydroxylation sites is 2. The average molecular weight is 517 g/mol. The van der Waals surface area contributed by atoms with Crippen molar-refractivity contribution >= 4 is 22.9 Å². The smallest absolute Gasteiger partial charge is 0.223 e. The Kier molecular flexibility index (Phi) is 7.77. The predicted octanol–water partition coefficient (Wildman–Crippen LogP) is 4.82. The maximum Gasteiger partial charge on any atom is 0.223 e. The monoisotopic (exact) mass is 516 g/mol. The summed E-state index contributed by atoms with van der Waals surface area (Å²) < 4.78 is 26.7. The third kappa shape index (κ3) is 5.59. The number of anilines is 1. The van der Waals surface area contributed by atoms with Crippen LogP contribution >= 0.6 is 0 Å². The first kappa shape index (κ1) is 25.6. The Hall–Kier alpha value is -4.07. The molecule has 1 saturated heterocycles. The van der Waals surface area contributed by atoms with Crippen LogP contribution in [0.4, 0.5) is 10.3 Å². The quantitative estimate of drug-likeness (QED) is 0.346. The minimum absolute atomic E-state index is 0.0299. The second-order valence-corrected chi connectivity index (χ2v) is 9.61. The molecule has 1 aliphatic rings. The molecular formula is C30H33FN4O3. The van der Waals surface area contributed by atoms with E-state index in [4.69, 9.17) is 14.5 Å². The van der Waals surface area contributed by atoms with Gasteiger partial charge in [0.25, 0.3) is 0 Å². The van der Waals surface area contributed by atoms with Gasteiger partial charge < -0.3 is 24.3 Å². The Morgan fingerprint density at radius 1 is 0.974 bits per heavy atom. The van der Waals surface area contributed by atoms with Gasteiger partial charge in [0.05, 0.1) is 31.8 Å². The van der Waals surface area contributed by atoms with Gasteiger partial charge in [0.2, 0.25) is 11.9 Å². The lowest BCUT2D eigenvalue weighted by atomic mass is 9.96. The van der Waals surface area contributed by atoms with Crippen LogP contribution in [0.5, 0.6) is 11.5 Å². The van der Waals surface area contributed by atoms with Crippen molar-refractivity contribution in [3.63, 3.8) is 0 Å². The van der Waals surface area contributed by atoms with Gasteiger partial charge in [-0.3, -0.25) is 4.79 Å². The van der Waals surface area contributed by atoms with E-state index in [9.17, 15) is 9.18 Å². The van der Waals surface area contributed by atoms with Gasteiger partial charge in [0.1, 0.15) is 5.82 Å². The Bertz CT molecular complexity index is 1410. The first-order valence-electron chi connectivity index (χ1n) is 13.0. The maximum absolute atomic E-state index is 13.8. The van der Waals surface area contributed by atoms with Crippen LogP contribution in [-0.4, -0.2) is 49.3 Å². The van der Waals surface area contributed by atoms with Crippen molar-refractivity contribution < 1.29 is 18.7 Å². The van der Waals surface area contributed by atoms with Crippen LogP contribution in [-0.2, 0) is 17.8 Å². The van der Waals surface area contributed by atoms with Crippen LogP contribution in [0.2, 0.25) is 0 Å². The molecule has 0 aliphatic carbocycles. The summed E-state index contributed by atoms with van der Waals surface area (Å²) in [7, 11) is 3.23. The summed E-state index contributed by atoms with van der Waals surface area (Å²) in [5.41, 5.74) is 3.89. The van der Waals surface area contributed by atoms with Gasteiger partial charge in [-0.1, -0.05) is 30.3 Å². The second kappa shape index (κ2) is 11.5. The number of hydrogen-bond donors (Lipinski definition) is 1. The van der Waals surface area contributed by atoms with Crippen molar-refractivity contribution in [2.45, 2.75) is 25.8 Å². The molecule has 2 heterocycles. The Morgan fingerprint density at radius 3 is 2.53 bits per heavy atom. The molecule has 38 heavy (non-hydrogen) atoms. The van der Waals surface area contributed by atoms with E-state index in [0.717, 1.165) is 60.5 Å². The number of fused-ring (bicyclic) bond motifs is 1. The molecule has 1 fully saturated rings. The minimum atomic E-state index is -0.244. The number of hydrogen-bond acceptors (Lipinski definition) is 5. The topological polar surface area (TPSA) is 68.6 Å². The van der Waals surface area contributed by atoms with Gasteiger partial charge in [0.15, 0.2) is 11.5 Å². The van der Waals surface area contributed by atoms with Crippen LogP contribution in [0.25, 0.3) is 11.0 Å². The van der Waals surface area contributed by atoms with Crippen molar-refractivity contribution in [2.24, 2.45) is 5.92 Å². The molecule has 3 aromatic carbocycles. The normalized spacial score (nSPS) is 14.0. The molecule has 1 N–H and O–H groups in total. The number of nitrogens with zero attached hydrogens (tertiary/aromatic N) is 3. The van der Waals surface area contributed by atoms with Gasteiger partial charge in [-0.15, -0.1) is 0 Å². The van der Waals surface area contributed by atoms with E-state index in [1.165, 1.54) is 6.07 Å². The molecule has 5 rings (SSSR count). The predicted molar refractivity (Wildman–Crippen MR) is 146 cm³/mol. The maximum atomic E-state index is 13.8. The molecule has 198 valence electrons. The molecule has 0 atom stereocenters. The van der Waals surface area contributed by atoms with E-state index >= 15 is 0 Å². The minimum Gasteiger partial charge on any atom is -0.493 e. The highest BCUT2D eigenvalue weighted by Gasteiger charge is 2.27. The zero-order valence-corrected chi connectivity index (χ0v) is 21.8. The highest BCUT2D eigenvalue weighted by atomic mass is 19.1. The number of imidazole rings is 1. The fraction of sp³-hybridized carbons (Fsp3) is 0.333. The molecule has 0 unspecified atom stereocenters. The molecule has 0 spiro atoms. The van der Waals surface area contributed by atoms with Crippen molar-refractivity contribution in [2.75, 3.05) is 38.8 Å². The van der Waals surface area contributed by atoms with E-state index < -0.39 is 0 Å². The number of carbonyl (C=O) groups excluding carboxylic acids is 1. The molecule has 0 saturated carbocycles. The number of halogens is 1. The molecule has 4 aromatic rings. The highest BCUT2D eigenvalue weighted by molar-refractivity contribution is 5.80. The number of benzene rings is 3. The number of carbonyl (C=O) groups is 1. The number of amides is 1. The molecule has 1 aromatic heterocycles. The van der Waals surface area contributed by atoms with Gasteiger partial charge in [-0.25, -0.2) is 9.37 Å². The second-order valence-electron chi connectivity index (χ2n) is 9.61. The van der Waals surface area contributed by atoms with E-state index in [2.05, 4.69) is 14.8 Å². The van der Waals surface area contributed by atoms with E-state index in [1.807, 2.05) is 48.5 Å². The first-order valence-corrected chi connectivity index (χ1v) is 13.0. The fourth-order valence-corrected chi connectivity index (χ4v) is 5.13. The molecule has 7 nitrogen and oxygen atoms in total. The van der Waals surface area contributed by atoms with Gasteiger partial charge >= 0.3 is 0 Å². The van der Waals surface area contributed by atoms with Crippen LogP contribution in [0.1, 0.15) is 24.0 Å². The van der Waals surface area contributed by atoms with Crippen LogP contribution in [0.15, 0.2) is 66.7 Å². The van der Waals surface area contributed by atoms with Crippen LogP contribution in [0, 0.1) is 11.7 Å². The lowest BCUT2D eigenvalue weighted by Crippen LogP contribution is -2.42. The lowest BCUT2D eigenvalue weighted by Gasteiger charge is -2.32. The molecule has 1 amide bonds. The third-order valence-corrected chi connectivity index (χ3v) is 7.17. The van der Waals surface area contributed by atoms with E-state index in [0.29, 0.717) is 24.6 Å². The number of ether oxygens (including phenoxy) is 2. The zero-order valence-electron chi connectivity index (χ0n) is 21.8. The largest absolute Gasteiger partial charge is 0.493 e. The molecule has 0 bridgehead atoms. The van der Waals surface area contributed by atoms with Crippen LogP contribution < -0.4 is 19.7 Å². The third-order valence-electron chi connectivity index (χ3n) is 7.17. The summed E-state index contributed by atoms with van der Waals surface area (Å²) in [6.07, 6.45) is 2.23. The molecular weight excluding hydrogens is 483 g/mol. The van der Waals surface area contributed by atoms with E-state index in [-0.39, 0.29) is 17.6 Å². The molecule has 8 heteroatoms. The van der Waals surface area contributed by atoms with Crippen molar-refractivity contribution in [1.29, 1.82) is 0 Å². The lowest BCUT2D eigenvalue weighted by molar-refractivity contribution is -0.125. The highest BCUT2D eigenvalue weighted by Crippen LogP contribution is 2.29. The van der Waals surface area contributed by atoms with Gasteiger partial charge in [-0.2, -0.15) is 0 Å². The Morgan fingerprint density at radius 2 is 1.76 bits per heavy atom. The summed E-state index contributed by atoms with van der Waals surface area (Å²) in [5.74, 6) is 2.06. The van der Waals surface area contributed by atoms with E-state index in [1.54, 1.807) is 26.4 Å². The first-order chi connectivity index (χ1) is 18.6. The summed E-state index contributed by atoms with van der Waals surface area (Å²) in [6, 6.07) is 20.5. The van der Waals surface area contributed by atoms with Crippen LogP contribution in [0.3, 0.4) is 0 Å². The number of methoxy groups -OCH3 is 2. The SMILES string of the molecule is COc1ccc(CCNC(=O)C2CCN(c3nc4ccccc4n3Cc3cccc(F)c3)CC2)cc1OC. The number of aromatic nitrogens is 2. The Balaban J connectivity index is 1.20. The zero-order chi connectivity index (χ0) is 26.5. The summed E-state index contributed by atoms with van der Waals surface area (Å²) in [6.45, 7) is 2.57. The van der Waals surface area contributed by atoms with Gasteiger partial charge in [-0.05, 0) is 66.8 Å². The van der Waals surface area contributed by atoms with Crippen molar-refractivity contribution in [3.05, 3.63) is 83.7 Å². The van der Waals surface area contributed by atoms with Gasteiger partial charge in [0, 0.05) is 25.6 Å². The standard InChI is InChI=1S/C30H33FN4O3/c1-37-27-11-10-21(19-28(27)38-2)12-15-32-29(36)23-13-16-34(17-14-23)30-33-25-8-3-4-9-26(25)35(30)20-22-6-5-7-24(31)18-22/h3-11,18-19,23H,12-17,20H2,1-2H3,(H,32,36). The number of piperidine rings is 1. The molecule has 1 aliphatic heterocycles. The number of rotatable bonds is 9. The fourth-order valence-electron chi connectivity index (χ4n) is 5.13.